The second-order valence-electron chi connectivity index (χ2n) is 5.93. The van der Waals surface area contributed by atoms with Crippen LogP contribution in [0.15, 0.2) is 69.2 Å². The number of para-hydroxylation sites is 1. The maximum atomic E-state index is 12.2. The first-order valence-corrected chi connectivity index (χ1v) is 9.62. The van der Waals surface area contributed by atoms with Crippen LogP contribution in [0.25, 0.3) is 22.2 Å². The molecule has 0 saturated carbocycles. The quantitative estimate of drug-likeness (QED) is 0.468. The van der Waals surface area contributed by atoms with E-state index in [-0.39, 0.29) is 12.5 Å². The molecule has 0 bridgehead atoms. The van der Waals surface area contributed by atoms with Gasteiger partial charge in [0, 0.05) is 21.5 Å². The molecule has 2 N–H and O–H groups in total. The zero-order valence-corrected chi connectivity index (χ0v) is 16.0. The van der Waals surface area contributed by atoms with E-state index >= 15 is 0 Å². The van der Waals surface area contributed by atoms with Gasteiger partial charge in [-0.3, -0.25) is 4.79 Å². The molecule has 0 aliphatic rings. The normalized spacial score (nSPS) is 10.8. The molecule has 0 radical (unpaired) electrons. The summed E-state index contributed by atoms with van der Waals surface area (Å²) in [5.41, 5.74) is 1.66. The van der Waals surface area contributed by atoms with Crippen molar-refractivity contribution in [3.8, 4) is 11.3 Å². The lowest BCUT2D eigenvalue weighted by atomic mass is 10.1. The number of carbonyl (C=O) groups excluding carboxylic acids is 1. The lowest BCUT2D eigenvalue weighted by molar-refractivity contribution is -0.114. The van der Waals surface area contributed by atoms with Crippen LogP contribution < -0.4 is 16.3 Å². The van der Waals surface area contributed by atoms with Crippen molar-refractivity contribution in [2.75, 3.05) is 17.2 Å². The minimum Gasteiger partial charge on any atom is -0.422 e. The Morgan fingerprint density at radius 1 is 1.14 bits per heavy atom. The number of amides is 1. The molecule has 2 heterocycles. The standard InChI is InChI=1S/C20H14ClN3O3S/c21-13-5-7-14(8-6-13)22-10-18(25)24-20-23-16(11-28-20)15-9-12-3-1-2-4-17(12)27-19(15)26/h1-9,11,22H,10H2,(H,23,24,25). The number of carbonyl (C=O) groups is 1. The fraction of sp³-hybridized carbons (Fsp3) is 0.0500. The number of fused-ring (bicyclic) bond motifs is 1. The minimum absolute atomic E-state index is 0.0780. The molecule has 0 aliphatic heterocycles. The first-order valence-electron chi connectivity index (χ1n) is 8.36. The molecule has 28 heavy (non-hydrogen) atoms. The van der Waals surface area contributed by atoms with Gasteiger partial charge in [-0.05, 0) is 36.4 Å². The number of anilines is 2. The average Bonchev–Trinajstić information content (AvgIpc) is 3.15. The summed E-state index contributed by atoms with van der Waals surface area (Å²) in [6.07, 6.45) is 0. The van der Waals surface area contributed by atoms with Crippen LogP contribution in [0, 0.1) is 0 Å². The fourth-order valence-corrected chi connectivity index (χ4v) is 3.46. The Labute approximate surface area is 168 Å². The molecule has 1 amide bonds. The van der Waals surface area contributed by atoms with Gasteiger partial charge in [0.2, 0.25) is 5.91 Å². The summed E-state index contributed by atoms with van der Waals surface area (Å²) in [7, 11) is 0. The van der Waals surface area contributed by atoms with E-state index in [0.717, 1.165) is 11.1 Å². The van der Waals surface area contributed by atoms with Gasteiger partial charge in [-0.1, -0.05) is 29.8 Å². The number of aromatic nitrogens is 1. The summed E-state index contributed by atoms with van der Waals surface area (Å²) in [6, 6.07) is 16.1. The average molecular weight is 412 g/mol. The van der Waals surface area contributed by atoms with Crippen molar-refractivity contribution in [2.45, 2.75) is 0 Å². The van der Waals surface area contributed by atoms with Crippen molar-refractivity contribution in [2.24, 2.45) is 0 Å². The fourth-order valence-electron chi connectivity index (χ4n) is 2.61. The second kappa shape index (κ2) is 7.84. The third-order valence-corrected chi connectivity index (χ3v) is 4.97. The Bertz CT molecular complexity index is 1200. The van der Waals surface area contributed by atoms with Gasteiger partial charge in [0.05, 0.1) is 17.8 Å². The lowest BCUT2D eigenvalue weighted by Crippen LogP contribution is -2.21. The molecule has 0 saturated heterocycles. The molecule has 140 valence electrons. The van der Waals surface area contributed by atoms with Crippen LogP contribution in [0.5, 0.6) is 0 Å². The van der Waals surface area contributed by atoms with E-state index < -0.39 is 5.63 Å². The molecular formula is C20H14ClN3O3S. The highest BCUT2D eigenvalue weighted by molar-refractivity contribution is 7.14. The van der Waals surface area contributed by atoms with Gasteiger partial charge in [0.1, 0.15) is 5.58 Å². The summed E-state index contributed by atoms with van der Waals surface area (Å²) in [5.74, 6) is -0.249. The Kier molecular flexibility index (Phi) is 5.10. The van der Waals surface area contributed by atoms with Crippen LogP contribution in [0.2, 0.25) is 5.02 Å². The molecule has 6 nitrogen and oxygen atoms in total. The Morgan fingerprint density at radius 3 is 2.75 bits per heavy atom. The third-order valence-electron chi connectivity index (χ3n) is 3.97. The smallest absolute Gasteiger partial charge is 0.345 e. The van der Waals surface area contributed by atoms with Gasteiger partial charge in [0.25, 0.3) is 0 Å². The molecule has 2 aromatic carbocycles. The number of nitrogens with zero attached hydrogens (tertiary/aromatic N) is 1. The number of hydrogen-bond donors (Lipinski definition) is 2. The maximum Gasteiger partial charge on any atom is 0.345 e. The zero-order valence-electron chi connectivity index (χ0n) is 14.4. The molecule has 0 spiro atoms. The van der Waals surface area contributed by atoms with Crippen molar-refractivity contribution in [3.63, 3.8) is 0 Å². The van der Waals surface area contributed by atoms with E-state index in [1.165, 1.54) is 11.3 Å². The zero-order chi connectivity index (χ0) is 19.5. The summed E-state index contributed by atoms with van der Waals surface area (Å²) in [6.45, 7) is 0.0780. The van der Waals surface area contributed by atoms with Gasteiger partial charge in [0.15, 0.2) is 5.13 Å². The molecular weight excluding hydrogens is 398 g/mol. The maximum absolute atomic E-state index is 12.2. The number of benzene rings is 2. The molecule has 0 aliphatic carbocycles. The van der Waals surface area contributed by atoms with Crippen LogP contribution in [0.1, 0.15) is 0 Å². The summed E-state index contributed by atoms with van der Waals surface area (Å²) in [4.78, 5) is 28.7. The second-order valence-corrected chi connectivity index (χ2v) is 7.23. The van der Waals surface area contributed by atoms with Gasteiger partial charge >= 0.3 is 5.63 Å². The Balaban J connectivity index is 1.45. The summed E-state index contributed by atoms with van der Waals surface area (Å²) < 4.78 is 5.34. The Hall–Kier alpha value is -3.16. The topological polar surface area (TPSA) is 84.2 Å². The third kappa shape index (κ3) is 4.05. The van der Waals surface area contributed by atoms with Crippen LogP contribution in [-0.4, -0.2) is 17.4 Å². The number of nitrogens with one attached hydrogen (secondary N) is 2. The first kappa shape index (κ1) is 18.2. The number of halogens is 1. The van der Waals surface area contributed by atoms with Crippen LogP contribution in [0.3, 0.4) is 0 Å². The van der Waals surface area contributed by atoms with Gasteiger partial charge in [-0.25, -0.2) is 9.78 Å². The SMILES string of the molecule is O=C(CNc1ccc(Cl)cc1)Nc1nc(-c2cc3ccccc3oc2=O)cs1. The van der Waals surface area contributed by atoms with Crippen LogP contribution in [0.4, 0.5) is 10.8 Å². The Morgan fingerprint density at radius 2 is 1.93 bits per heavy atom. The van der Waals surface area contributed by atoms with Crippen LogP contribution in [-0.2, 0) is 4.79 Å². The molecule has 4 aromatic rings. The van der Waals surface area contributed by atoms with E-state index in [4.69, 9.17) is 16.0 Å². The number of rotatable bonds is 5. The summed E-state index contributed by atoms with van der Waals surface area (Å²) in [5, 5.41) is 9.27. The lowest BCUT2D eigenvalue weighted by Gasteiger charge is -2.06. The van der Waals surface area contributed by atoms with E-state index in [1.54, 1.807) is 47.8 Å². The highest BCUT2D eigenvalue weighted by Gasteiger charge is 2.13. The summed E-state index contributed by atoms with van der Waals surface area (Å²) >= 11 is 7.08. The highest BCUT2D eigenvalue weighted by atomic mass is 35.5. The van der Waals surface area contributed by atoms with Crippen LogP contribution >= 0.6 is 22.9 Å². The molecule has 0 fully saturated rings. The van der Waals surface area contributed by atoms with Crippen molar-refractivity contribution >= 4 is 50.6 Å². The minimum atomic E-state index is -0.466. The number of thiazole rings is 1. The highest BCUT2D eigenvalue weighted by Crippen LogP contribution is 2.25. The van der Waals surface area contributed by atoms with E-state index in [2.05, 4.69) is 15.6 Å². The largest absolute Gasteiger partial charge is 0.422 e. The van der Waals surface area contributed by atoms with E-state index in [0.29, 0.717) is 27.0 Å². The van der Waals surface area contributed by atoms with Gasteiger partial charge in [-0.2, -0.15) is 0 Å². The predicted molar refractivity (Wildman–Crippen MR) is 112 cm³/mol. The van der Waals surface area contributed by atoms with Crippen molar-refractivity contribution in [1.82, 2.24) is 4.98 Å². The van der Waals surface area contributed by atoms with Gasteiger partial charge < -0.3 is 15.1 Å². The van der Waals surface area contributed by atoms with Crippen molar-refractivity contribution in [1.29, 1.82) is 0 Å². The molecule has 0 atom stereocenters. The van der Waals surface area contributed by atoms with Crippen molar-refractivity contribution in [3.05, 3.63) is 75.4 Å². The van der Waals surface area contributed by atoms with E-state index in [1.807, 2.05) is 12.1 Å². The van der Waals surface area contributed by atoms with E-state index in [9.17, 15) is 9.59 Å². The predicted octanol–water partition coefficient (Wildman–Crippen LogP) is 4.62. The first-order chi connectivity index (χ1) is 13.6. The number of hydrogen-bond acceptors (Lipinski definition) is 6. The molecule has 2 aromatic heterocycles. The van der Waals surface area contributed by atoms with Crippen molar-refractivity contribution < 1.29 is 9.21 Å². The monoisotopic (exact) mass is 411 g/mol. The molecule has 8 heteroatoms. The van der Waals surface area contributed by atoms with Gasteiger partial charge in [-0.15, -0.1) is 11.3 Å². The molecule has 0 unspecified atom stereocenters. The molecule has 4 rings (SSSR count).